The molecule has 1 aliphatic carbocycles. The van der Waals surface area contributed by atoms with Crippen LogP contribution in [0, 0.1) is 13.8 Å². The largest absolute Gasteiger partial charge is 0.497 e. The molecule has 0 unspecified atom stereocenters. The fraction of sp³-hybridized carbons (Fsp3) is 0.545. The van der Waals surface area contributed by atoms with E-state index in [1.807, 2.05) is 39.0 Å². The Labute approximate surface area is 196 Å². The van der Waals surface area contributed by atoms with Crippen LogP contribution in [0.15, 0.2) is 27.6 Å². The Kier molecular flexibility index (Phi) is 9.74. The highest BCUT2D eigenvalue weighted by Crippen LogP contribution is 2.30. The second-order valence-electron chi connectivity index (χ2n) is 7.30. The molecule has 0 amide bonds. The van der Waals surface area contributed by atoms with Crippen molar-refractivity contribution in [2.24, 2.45) is 4.99 Å². The van der Waals surface area contributed by atoms with Crippen LogP contribution >= 0.6 is 24.0 Å². The van der Waals surface area contributed by atoms with Gasteiger partial charge in [-0.25, -0.2) is 9.98 Å². The summed E-state index contributed by atoms with van der Waals surface area (Å²) in [7, 11) is 1.67. The van der Waals surface area contributed by atoms with E-state index in [1.165, 1.54) is 12.8 Å². The third kappa shape index (κ3) is 6.78. The van der Waals surface area contributed by atoms with Crippen LogP contribution in [0.4, 0.5) is 0 Å². The number of oxazole rings is 1. The molecule has 0 atom stereocenters. The van der Waals surface area contributed by atoms with E-state index in [1.54, 1.807) is 7.11 Å². The fourth-order valence-electron chi connectivity index (χ4n) is 3.37. The Bertz CT molecular complexity index is 812. The minimum Gasteiger partial charge on any atom is -0.497 e. The average molecular weight is 528 g/mol. The molecule has 1 aliphatic rings. The molecule has 1 saturated carbocycles. The van der Waals surface area contributed by atoms with Crippen LogP contribution in [-0.2, 0) is 13.1 Å². The third-order valence-electron chi connectivity index (χ3n) is 5.10. The van der Waals surface area contributed by atoms with Gasteiger partial charge in [-0.3, -0.25) is 0 Å². The molecule has 0 saturated heterocycles. The Hall–Kier alpha value is -1.97. The van der Waals surface area contributed by atoms with Gasteiger partial charge in [0.1, 0.15) is 17.3 Å². The van der Waals surface area contributed by atoms with Gasteiger partial charge in [-0.15, -0.1) is 24.0 Å². The number of aliphatic imine (C=N–C) groups is 1. The maximum Gasteiger partial charge on any atom is 0.214 e. The number of halogens is 1. The number of ether oxygens (including phenoxy) is 2. The van der Waals surface area contributed by atoms with E-state index < -0.39 is 0 Å². The molecule has 2 aromatic rings. The highest BCUT2D eigenvalue weighted by Gasteiger charge is 2.18. The molecule has 0 bridgehead atoms. The van der Waals surface area contributed by atoms with E-state index in [4.69, 9.17) is 18.9 Å². The van der Waals surface area contributed by atoms with Crippen molar-refractivity contribution < 1.29 is 13.9 Å². The van der Waals surface area contributed by atoms with Crippen LogP contribution < -0.4 is 20.1 Å². The number of methoxy groups -OCH3 is 1. The molecule has 3 rings (SSSR count). The SMILES string of the molecule is CCNC(=NCc1ccc(OC)cc1OC1CCCC1)NCc1nc(C)c(C)o1.I. The van der Waals surface area contributed by atoms with Crippen molar-refractivity contribution in [1.29, 1.82) is 0 Å². The lowest BCUT2D eigenvalue weighted by Gasteiger charge is -2.17. The summed E-state index contributed by atoms with van der Waals surface area (Å²) in [6.45, 7) is 7.65. The second kappa shape index (κ2) is 12.0. The normalized spacial score (nSPS) is 14.3. The van der Waals surface area contributed by atoms with Crippen molar-refractivity contribution >= 4 is 29.9 Å². The molecule has 30 heavy (non-hydrogen) atoms. The van der Waals surface area contributed by atoms with Crippen LogP contribution in [0.1, 0.15) is 55.5 Å². The Balaban J connectivity index is 0.00000320. The van der Waals surface area contributed by atoms with Gasteiger partial charge in [-0.2, -0.15) is 0 Å². The summed E-state index contributed by atoms with van der Waals surface area (Å²) in [5.41, 5.74) is 1.95. The maximum atomic E-state index is 6.27. The van der Waals surface area contributed by atoms with Gasteiger partial charge in [-0.1, -0.05) is 0 Å². The molecule has 7 nitrogen and oxygen atoms in total. The minimum absolute atomic E-state index is 0. The van der Waals surface area contributed by atoms with Crippen LogP contribution in [-0.4, -0.2) is 30.7 Å². The number of guanidine groups is 1. The van der Waals surface area contributed by atoms with Crippen LogP contribution in [0.3, 0.4) is 0 Å². The van der Waals surface area contributed by atoms with Gasteiger partial charge in [0.05, 0.1) is 32.0 Å². The van der Waals surface area contributed by atoms with Gasteiger partial charge in [0, 0.05) is 18.2 Å². The van der Waals surface area contributed by atoms with E-state index >= 15 is 0 Å². The predicted octanol–water partition coefficient (Wildman–Crippen LogP) is 4.49. The van der Waals surface area contributed by atoms with Gasteiger partial charge in [0.25, 0.3) is 0 Å². The van der Waals surface area contributed by atoms with Crippen LogP contribution in [0.2, 0.25) is 0 Å². The van der Waals surface area contributed by atoms with Crippen molar-refractivity contribution in [3.8, 4) is 11.5 Å². The summed E-state index contributed by atoms with van der Waals surface area (Å²) < 4.78 is 17.3. The summed E-state index contributed by atoms with van der Waals surface area (Å²) in [5.74, 6) is 3.86. The number of benzene rings is 1. The Morgan fingerprint density at radius 1 is 1.23 bits per heavy atom. The molecule has 0 spiro atoms. The molecule has 0 radical (unpaired) electrons. The standard InChI is InChI=1S/C22H32N4O3.HI/c1-5-23-22(25-14-21-26-15(2)16(3)28-21)24-13-17-10-11-19(27-4)12-20(17)29-18-8-6-7-9-18;/h10-12,18H,5-9,13-14H2,1-4H3,(H2,23,24,25);1H. The Morgan fingerprint density at radius 2 is 2.00 bits per heavy atom. The zero-order valence-electron chi connectivity index (χ0n) is 18.3. The zero-order valence-corrected chi connectivity index (χ0v) is 20.6. The number of hydrogen-bond donors (Lipinski definition) is 2. The fourth-order valence-corrected chi connectivity index (χ4v) is 3.37. The Morgan fingerprint density at radius 3 is 2.63 bits per heavy atom. The highest BCUT2D eigenvalue weighted by atomic mass is 127. The lowest BCUT2D eigenvalue weighted by molar-refractivity contribution is 0.207. The molecule has 1 heterocycles. The van der Waals surface area contributed by atoms with Gasteiger partial charge in [0.2, 0.25) is 5.89 Å². The average Bonchev–Trinajstić information content (AvgIpc) is 3.34. The number of aromatic nitrogens is 1. The molecular formula is C22H33IN4O3. The lowest BCUT2D eigenvalue weighted by atomic mass is 10.2. The van der Waals surface area contributed by atoms with Crippen molar-refractivity contribution in [2.45, 2.75) is 65.6 Å². The maximum absolute atomic E-state index is 6.27. The van der Waals surface area contributed by atoms with Crippen molar-refractivity contribution in [2.75, 3.05) is 13.7 Å². The van der Waals surface area contributed by atoms with E-state index in [9.17, 15) is 0 Å². The van der Waals surface area contributed by atoms with Gasteiger partial charge >= 0.3 is 0 Å². The monoisotopic (exact) mass is 528 g/mol. The predicted molar refractivity (Wildman–Crippen MR) is 129 cm³/mol. The van der Waals surface area contributed by atoms with E-state index in [0.717, 1.165) is 47.9 Å². The highest BCUT2D eigenvalue weighted by molar-refractivity contribution is 14.0. The molecular weight excluding hydrogens is 495 g/mol. The number of nitrogens with one attached hydrogen (secondary N) is 2. The summed E-state index contributed by atoms with van der Waals surface area (Å²) in [4.78, 5) is 9.13. The van der Waals surface area contributed by atoms with E-state index in [-0.39, 0.29) is 30.1 Å². The number of hydrogen-bond acceptors (Lipinski definition) is 5. The summed E-state index contributed by atoms with van der Waals surface area (Å²) in [5, 5.41) is 6.54. The molecule has 1 fully saturated rings. The molecule has 1 aromatic heterocycles. The first-order valence-electron chi connectivity index (χ1n) is 10.4. The van der Waals surface area contributed by atoms with Gasteiger partial charge < -0.3 is 24.5 Å². The zero-order chi connectivity index (χ0) is 20.6. The molecule has 8 heteroatoms. The topological polar surface area (TPSA) is 80.9 Å². The summed E-state index contributed by atoms with van der Waals surface area (Å²) >= 11 is 0. The number of aryl methyl sites for hydroxylation is 2. The van der Waals surface area contributed by atoms with Crippen LogP contribution in [0.5, 0.6) is 11.5 Å². The first-order chi connectivity index (χ1) is 14.1. The molecule has 1 aromatic carbocycles. The molecule has 2 N–H and O–H groups in total. The van der Waals surface area contributed by atoms with E-state index in [0.29, 0.717) is 24.9 Å². The third-order valence-corrected chi connectivity index (χ3v) is 5.10. The number of rotatable bonds is 8. The second-order valence-corrected chi connectivity index (χ2v) is 7.30. The van der Waals surface area contributed by atoms with Gasteiger partial charge in [-0.05, 0) is 58.6 Å². The summed E-state index contributed by atoms with van der Waals surface area (Å²) in [6, 6.07) is 5.93. The van der Waals surface area contributed by atoms with Crippen molar-refractivity contribution in [3.05, 3.63) is 41.1 Å². The smallest absolute Gasteiger partial charge is 0.214 e. The van der Waals surface area contributed by atoms with Crippen LogP contribution in [0.25, 0.3) is 0 Å². The first-order valence-corrected chi connectivity index (χ1v) is 10.4. The first kappa shape index (κ1) is 24.3. The van der Waals surface area contributed by atoms with Crippen molar-refractivity contribution in [3.63, 3.8) is 0 Å². The minimum atomic E-state index is 0. The molecule has 0 aliphatic heterocycles. The molecule has 166 valence electrons. The van der Waals surface area contributed by atoms with Gasteiger partial charge in [0.15, 0.2) is 5.96 Å². The summed E-state index contributed by atoms with van der Waals surface area (Å²) in [6.07, 6.45) is 4.97. The lowest BCUT2D eigenvalue weighted by Crippen LogP contribution is -2.36. The van der Waals surface area contributed by atoms with Crippen molar-refractivity contribution in [1.82, 2.24) is 15.6 Å². The van der Waals surface area contributed by atoms with E-state index in [2.05, 4.69) is 15.6 Å². The number of nitrogens with zero attached hydrogens (tertiary/aromatic N) is 2. The quantitative estimate of drug-likeness (QED) is 0.299.